The maximum Gasteiger partial charge on any atom is 0.265 e. The van der Waals surface area contributed by atoms with E-state index in [9.17, 15) is 9.59 Å². The van der Waals surface area contributed by atoms with Crippen molar-refractivity contribution in [3.63, 3.8) is 0 Å². The monoisotopic (exact) mass is 493 g/mol. The molecule has 0 unspecified atom stereocenters. The fourth-order valence-electron chi connectivity index (χ4n) is 4.44. The number of ether oxygens (including phenoxy) is 2. The molecule has 2 amide bonds. The van der Waals surface area contributed by atoms with Crippen molar-refractivity contribution in [3.05, 3.63) is 58.7 Å². The average Bonchev–Trinajstić information content (AvgIpc) is 3.38. The molecule has 10 heteroatoms. The number of carbonyl (C=O) groups is 2. The van der Waals surface area contributed by atoms with Gasteiger partial charge in [0.15, 0.2) is 11.5 Å². The van der Waals surface area contributed by atoms with Crippen LogP contribution in [0.2, 0.25) is 0 Å². The lowest BCUT2D eigenvalue weighted by Crippen LogP contribution is -2.43. The Labute approximate surface area is 207 Å². The highest BCUT2D eigenvalue weighted by Crippen LogP contribution is 2.37. The summed E-state index contributed by atoms with van der Waals surface area (Å²) in [5.74, 6) is 0.996. The van der Waals surface area contributed by atoms with E-state index in [4.69, 9.17) is 9.47 Å². The maximum atomic E-state index is 13.1. The lowest BCUT2D eigenvalue weighted by Gasteiger charge is -2.30. The highest BCUT2D eigenvalue weighted by atomic mass is 32.1. The molecule has 0 bridgehead atoms. The Hall–Kier alpha value is -3.63. The van der Waals surface area contributed by atoms with Crippen molar-refractivity contribution in [1.29, 1.82) is 0 Å². The van der Waals surface area contributed by atoms with Gasteiger partial charge < -0.3 is 25.0 Å². The van der Waals surface area contributed by atoms with Crippen molar-refractivity contribution in [3.8, 4) is 11.5 Å². The molecule has 5 rings (SSSR count). The van der Waals surface area contributed by atoms with Crippen LogP contribution in [0, 0.1) is 0 Å². The first-order chi connectivity index (χ1) is 17.1. The molecule has 4 heterocycles. The molecule has 182 valence electrons. The van der Waals surface area contributed by atoms with Crippen LogP contribution >= 0.6 is 11.3 Å². The van der Waals surface area contributed by atoms with E-state index < -0.39 is 0 Å². The van der Waals surface area contributed by atoms with Crippen molar-refractivity contribution in [1.82, 2.24) is 10.3 Å². The molecular weight excluding hydrogens is 466 g/mol. The fraction of sp³-hybridized carbons (Fsp3) is 0.320. The molecule has 0 saturated carbocycles. The standard InChI is InChI=1S/C25H27N5O4S/c1-33-20-11-16-13-23(31)30(15-17(16)12-21(20)34-2)24-4-3-22(35-24)25(32)28-18-14-27-6-5-19(18)29-9-7-26-8-10-29/h3-6,11-12,14,26H,7-10,13,15H2,1-2H3,(H,28,32). The molecule has 0 spiro atoms. The van der Waals surface area contributed by atoms with Crippen molar-refractivity contribution in [2.75, 3.05) is 55.5 Å². The number of benzene rings is 1. The van der Waals surface area contributed by atoms with Gasteiger partial charge in [-0.3, -0.25) is 19.5 Å². The van der Waals surface area contributed by atoms with Gasteiger partial charge in [0, 0.05) is 32.4 Å². The SMILES string of the molecule is COc1cc2c(cc1OC)CN(c1ccc(C(=O)Nc3cnccc3N3CCNCC3)s1)C(=O)C2. The second-order valence-electron chi connectivity index (χ2n) is 8.35. The zero-order chi connectivity index (χ0) is 24.4. The molecule has 1 saturated heterocycles. The van der Waals surface area contributed by atoms with Crippen molar-refractivity contribution in [2.24, 2.45) is 0 Å². The van der Waals surface area contributed by atoms with Crippen LogP contribution in [0.1, 0.15) is 20.8 Å². The predicted molar refractivity (Wildman–Crippen MR) is 136 cm³/mol. The van der Waals surface area contributed by atoms with Gasteiger partial charge in [-0.1, -0.05) is 0 Å². The first-order valence-electron chi connectivity index (χ1n) is 11.4. The van der Waals surface area contributed by atoms with Crippen LogP contribution in [-0.2, 0) is 17.8 Å². The third kappa shape index (κ3) is 4.67. The van der Waals surface area contributed by atoms with Crippen LogP contribution in [0.25, 0.3) is 0 Å². The van der Waals surface area contributed by atoms with Crippen LogP contribution in [0.3, 0.4) is 0 Å². The topological polar surface area (TPSA) is 96.0 Å². The van der Waals surface area contributed by atoms with E-state index >= 15 is 0 Å². The molecular formula is C25H27N5O4S. The van der Waals surface area contributed by atoms with Gasteiger partial charge in [-0.2, -0.15) is 0 Å². The summed E-state index contributed by atoms with van der Waals surface area (Å²) in [7, 11) is 3.17. The summed E-state index contributed by atoms with van der Waals surface area (Å²) >= 11 is 1.30. The van der Waals surface area contributed by atoms with Gasteiger partial charge in [0.25, 0.3) is 5.91 Å². The van der Waals surface area contributed by atoms with E-state index in [2.05, 4.69) is 20.5 Å². The van der Waals surface area contributed by atoms with Gasteiger partial charge in [0.2, 0.25) is 5.91 Å². The molecule has 2 N–H and O–H groups in total. The lowest BCUT2D eigenvalue weighted by molar-refractivity contribution is -0.118. The highest BCUT2D eigenvalue weighted by molar-refractivity contribution is 7.18. The number of fused-ring (bicyclic) bond motifs is 1. The maximum absolute atomic E-state index is 13.1. The smallest absolute Gasteiger partial charge is 0.265 e. The Bertz CT molecular complexity index is 1250. The molecule has 9 nitrogen and oxygen atoms in total. The Balaban J connectivity index is 1.34. The summed E-state index contributed by atoms with van der Waals surface area (Å²) < 4.78 is 10.8. The zero-order valence-electron chi connectivity index (χ0n) is 19.7. The van der Waals surface area contributed by atoms with Gasteiger partial charge in [-0.25, -0.2) is 0 Å². The number of thiophene rings is 1. The third-order valence-electron chi connectivity index (χ3n) is 6.26. The molecule has 2 aliphatic heterocycles. The molecule has 3 aromatic rings. The fourth-order valence-corrected chi connectivity index (χ4v) is 5.35. The number of carbonyl (C=O) groups excluding carboxylic acids is 2. The Morgan fingerprint density at radius 2 is 1.83 bits per heavy atom. The molecule has 0 radical (unpaired) electrons. The molecule has 35 heavy (non-hydrogen) atoms. The number of aromatic nitrogens is 1. The minimum atomic E-state index is -0.220. The summed E-state index contributed by atoms with van der Waals surface area (Å²) in [6.45, 7) is 3.94. The Kier molecular flexibility index (Phi) is 6.56. The van der Waals surface area contributed by atoms with Crippen LogP contribution < -0.4 is 29.9 Å². The van der Waals surface area contributed by atoms with E-state index in [-0.39, 0.29) is 18.2 Å². The quantitative estimate of drug-likeness (QED) is 0.545. The number of nitrogens with one attached hydrogen (secondary N) is 2. The van der Waals surface area contributed by atoms with Gasteiger partial charge >= 0.3 is 0 Å². The van der Waals surface area contributed by atoms with Crippen LogP contribution in [0.4, 0.5) is 16.4 Å². The summed E-state index contributed by atoms with van der Waals surface area (Å²) in [4.78, 5) is 34.7. The van der Waals surface area contributed by atoms with Crippen molar-refractivity contribution >= 4 is 39.5 Å². The van der Waals surface area contributed by atoms with Gasteiger partial charge in [0.05, 0.1) is 54.6 Å². The van der Waals surface area contributed by atoms with E-state index in [1.165, 1.54) is 11.3 Å². The van der Waals surface area contributed by atoms with Crippen molar-refractivity contribution < 1.29 is 19.1 Å². The number of piperazine rings is 1. The minimum Gasteiger partial charge on any atom is -0.493 e. The van der Waals surface area contributed by atoms with E-state index in [1.807, 2.05) is 24.3 Å². The second-order valence-corrected chi connectivity index (χ2v) is 9.42. The summed E-state index contributed by atoms with van der Waals surface area (Å²) in [6, 6.07) is 9.28. The molecule has 0 aliphatic carbocycles. The lowest BCUT2D eigenvalue weighted by atomic mass is 9.98. The van der Waals surface area contributed by atoms with Gasteiger partial charge in [-0.05, 0) is 41.5 Å². The number of rotatable bonds is 6. The van der Waals surface area contributed by atoms with Gasteiger partial charge in [-0.15, -0.1) is 11.3 Å². The van der Waals surface area contributed by atoms with Crippen LogP contribution in [-0.4, -0.2) is 57.2 Å². The summed E-state index contributed by atoms with van der Waals surface area (Å²) in [6.07, 6.45) is 3.68. The summed E-state index contributed by atoms with van der Waals surface area (Å²) in [5, 5.41) is 7.08. The van der Waals surface area contributed by atoms with E-state index in [1.54, 1.807) is 37.6 Å². The summed E-state index contributed by atoms with van der Waals surface area (Å²) in [5.41, 5.74) is 3.56. The molecule has 1 aromatic carbocycles. The molecule has 1 fully saturated rings. The first kappa shape index (κ1) is 23.1. The number of anilines is 3. The van der Waals surface area contributed by atoms with Gasteiger partial charge in [0.1, 0.15) is 0 Å². The van der Waals surface area contributed by atoms with Crippen LogP contribution in [0.5, 0.6) is 11.5 Å². The van der Waals surface area contributed by atoms with Crippen molar-refractivity contribution in [2.45, 2.75) is 13.0 Å². The minimum absolute atomic E-state index is 0.0215. The number of pyridine rings is 1. The van der Waals surface area contributed by atoms with E-state index in [0.29, 0.717) is 28.6 Å². The molecule has 0 atom stereocenters. The number of nitrogens with zero attached hydrogens (tertiary/aromatic N) is 3. The molecule has 2 aliphatic rings. The average molecular weight is 494 g/mol. The predicted octanol–water partition coefficient (Wildman–Crippen LogP) is 2.91. The number of methoxy groups -OCH3 is 2. The number of hydrogen-bond acceptors (Lipinski definition) is 8. The zero-order valence-corrected chi connectivity index (χ0v) is 20.5. The largest absolute Gasteiger partial charge is 0.493 e. The number of amides is 2. The van der Waals surface area contributed by atoms with E-state index in [0.717, 1.165) is 48.0 Å². The molecule has 2 aromatic heterocycles. The first-order valence-corrected chi connectivity index (χ1v) is 12.2. The van der Waals surface area contributed by atoms with Crippen LogP contribution in [0.15, 0.2) is 42.7 Å². The third-order valence-corrected chi connectivity index (χ3v) is 7.37. The normalized spacial score (nSPS) is 15.5. The highest BCUT2D eigenvalue weighted by Gasteiger charge is 2.28. The number of hydrogen-bond donors (Lipinski definition) is 2. The Morgan fingerprint density at radius 3 is 2.57 bits per heavy atom. The second kappa shape index (κ2) is 9.93. The Morgan fingerprint density at radius 1 is 1.09 bits per heavy atom.